The van der Waals surface area contributed by atoms with E-state index in [4.69, 9.17) is 9.84 Å². The molecule has 7 heteroatoms. The largest absolute Gasteiger partial charge is 0.394 e. The second kappa shape index (κ2) is 4.76. The molecule has 1 fully saturated rings. The number of hydrogen-bond acceptors (Lipinski definition) is 5. The first kappa shape index (κ1) is 14.9. The van der Waals surface area contributed by atoms with Gasteiger partial charge in [-0.2, -0.15) is 0 Å². The highest BCUT2D eigenvalue weighted by Gasteiger charge is 2.68. The Labute approximate surface area is 128 Å². The molecule has 3 rings (SSSR count). The molecule has 0 saturated carbocycles. The van der Waals surface area contributed by atoms with E-state index in [1.54, 1.807) is 25.3 Å². The van der Waals surface area contributed by atoms with Gasteiger partial charge in [-0.25, -0.2) is 0 Å². The quantitative estimate of drug-likeness (QED) is 0.829. The number of fused-ring (bicyclic) bond motifs is 3. The normalized spacial score (nSPS) is 29.8. The van der Waals surface area contributed by atoms with Gasteiger partial charge in [0, 0.05) is 6.20 Å². The molecule has 2 atom stereocenters. The van der Waals surface area contributed by atoms with Crippen LogP contribution in [0, 0.1) is 5.92 Å². The Hall–Kier alpha value is -1.99. The third-order valence-electron chi connectivity index (χ3n) is 4.61. The Balaban J connectivity index is 2.21. The molecule has 1 saturated heterocycles. The van der Waals surface area contributed by atoms with Crippen LogP contribution < -0.4 is 5.32 Å². The first-order valence-electron chi connectivity index (χ1n) is 7.27. The summed E-state index contributed by atoms with van der Waals surface area (Å²) in [7, 11) is 0. The highest BCUT2D eigenvalue weighted by Crippen LogP contribution is 2.48. The van der Waals surface area contributed by atoms with Gasteiger partial charge in [0.25, 0.3) is 11.8 Å². The number of aliphatic hydroxyl groups excluding tert-OH is 1. The number of rotatable bonds is 4. The van der Waals surface area contributed by atoms with Crippen molar-refractivity contribution in [3.8, 4) is 0 Å². The number of hydrogen-bond donors (Lipinski definition) is 2. The number of nitrogens with zero attached hydrogens (tertiary/aromatic N) is 2. The van der Waals surface area contributed by atoms with Crippen molar-refractivity contribution in [1.82, 2.24) is 15.2 Å². The second-order valence-electron chi connectivity index (χ2n) is 6.01. The van der Waals surface area contributed by atoms with Gasteiger partial charge in [-0.15, -0.1) is 0 Å². The van der Waals surface area contributed by atoms with Crippen molar-refractivity contribution in [3.05, 3.63) is 29.6 Å². The Kier molecular flexibility index (Phi) is 3.23. The van der Waals surface area contributed by atoms with Gasteiger partial charge in [0.15, 0.2) is 0 Å². The first-order chi connectivity index (χ1) is 10.4. The van der Waals surface area contributed by atoms with E-state index in [0.29, 0.717) is 11.3 Å². The van der Waals surface area contributed by atoms with Crippen LogP contribution in [0.15, 0.2) is 18.3 Å². The summed E-state index contributed by atoms with van der Waals surface area (Å²) in [4.78, 5) is 31.1. The van der Waals surface area contributed by atoms with E-state index in [1.807, 2.05) is 13.8 Å². The second-order valence-corrected chi connectivity index (χ2v) is 6.01. The summed E-state index contributed by atoms with van der Waals surface area (Å²) in [5, 5.41) is 11.9. The lowest BCUT2D eigenvalue weighted by molar-refractivity contribution is -0.162. The lowest BCUT2D eigenvalue weighted by Gasteiger charge is -2.39. The minimum atomic E-state index is -1.44. The maximum Gasteiger partial charge on any atom is 0.271 e. The van der Waals surface area contributed by atoms with E-state index in [2.05, 4.69) is 10.3 Å². The fourth-order valence-electron chi connectivity index (χ4n) is 3.14. The first-order valence-corrected chi connectivity index (χ1v) is 7.27. The molecule has 2 unspecified atom stereocenters. The molecule has 0 bridgehead atoms. The molecule has 2 N–H and O–H groups in total. The summed E-state index contributed by atoms with van der Waals surface area (Å²) < 4.78 is 5.74. The lowest BCUT2D eigenvalue weighted by Crippen LogP contribution is -2.56. The summed E-state index contributed by atoms with van der Waals surface area (Å²) in [6.45, 7) is 5.24. The van der Waals surface area contributed by atoms with Gasteiger partial charge in [-0.05, 0) is 25.0 Å². The van der Waals surface area contributed by atoms with Crippen LogP contribution in [0.5, 0.6) is 0 Å². The van der Waals surface area contributed by atoms with Crippen molar-refractivity contribution in [2.75, 3.05) is 13.2 Å². The Morgan fingerprint density at radius 1 is 1.45 bits per heavy atom. The molecular weight excluding hydrogens is 286 g/mol. The van der Waals surface area contributed by atoms with Gasteiger partial charge in [-0.3, -0.25) is 19.5 Å². The molecule has 2 aliphatic rings. The average molecular weight is 305 g/mol. The van der Waals surface area contributed by atoms with E-state index in [1.165, 1.54) is 4.90 Å². The van der Waals surface area contributed by atoms with Crippen LogP contribution >= 0.6 is 0 Å². The minimum Gasteiger partial charge on any atom is -0.394 e. The van der Waals surface area contributed by atoms with Crippen LogP contribution in [-0.4, -0.2) is 45.6 Å². The number of pyridine rings is 1. The minimum absolute atomic E-state index is 0.0196. The highest BCUT2D eigenvalue weighted by atomic mass is 16.5. The Morgan fingerprint density at radius 3 is 2.82 bits per heavy atom. The van der Waals surface area contributed by atoms with Crippen LogP contribution in [0.2, 0.25) is 0 Å². The summed E-state index contributed by atoms with van der Waals surface area (Å²) in [5.74, 6) is -2.14. The van der Waals surface area contributed by atoms with Gasteiger partial charge >= 0.3 is 0 Å². The third kappa shape index (κ3) is 1.60. The molecule has 2 amide bonds. The van der Waals surface area contributed by atoms with Gasteiger partial charge in [0.1, 0.15) is 11.2 Å². The van der Waals surface area contributed by atoms with E-state index in [0.717, 1.165) is 0 Å². The third-order valence-corrected chi connectivity index (χ3v) is 4.61. The van der Waals surface area contributed by atoms with Gasteiger partial charge < -0.3 is 15.2 Å². The predicted molar refractivity (Wildman–Crippen MR) is 76.5 cm³/mol. The predicted octanol–water partition coefficient (Wildman–Crippen LogP) is 0.201. The SMILES string of the molecule is CC(C)C1(C)C(=O)NC2(OCCO)c3ncccc3C(=O)N21. The zero-order valence-electron chi connectivity index (χ0n) is 12.8. The van der Waals surface area contributed by atoms with Crippen molar-refractivity contribution >= 4 is 11.8 Å². The van der Waals surface area contributed by atoms with Crippen LogP contribution in [0.4, 0.5) is 0 Å². The molecule has 22 heavy (non-hydrogen) atoms. The fraction of sp³-hybridized carbons (Fsp3) is 0.533. The lowest BCUT2D eigenvalue weighted by atomic mass is 9.87. The van der Waals surface area contributed by atoms with Gasteiger partial charge in [0.2, 0.25) is 5.91 Å². The van der Waals surface area contributed by atoms with Crippen molar-refractivity contribution < 1.29 is 19.4 Å². The van der Waals surface area contributed by atoms with Crippen molar-refractivity contribution in [3.63, 3.8) is 0 Å². The highest BCUT2D eigenvalue weighted by molar-refractivity contribution is 6.06. The summed E-state index contributed by atoms with van der Waals surface area (Å²) in [6.07, 6.45) is 1.55. The number of carbonyl (C=O) groups excluding carboxylic acids is 2. The standard InChI is InChI=1S/C15H19N3O4/c1-9(2)14(3)13(21)17-15(22-8-7-19)11-10(5-4-6-16-11)12(20)18(14)15/h4-6,9,19H,7-8H2,1-3H3,(H,17,21). The van der Waals surface area contributed by atoms with E-state index >= 15 is 0 Å². The van der Waals surface area contributed by atoms with Crippen molar-refractivity contribution in [1.29, 1.82) is 0 Å². The Bertz CT molecular complexity index is 647. The zero-order valence-corrected chi connectivity index (χ0v) is 12.8. The summed E-state index contributed by atoms with van der Waals surface area (Å²) >= 11 is 0. The molecule has 0 aliphatic carbocycles. The van der Waals surface area contributed by atoms with Crippen LogP contribution in [0.1, 0.15) is 36.8 Å². The fourth-order valence-corrected chi connectivity index (χ4v) is 3.14. The van der Waals surface area contributed by atoms with Crippen molar-refractivity contribution in [2.24, 2.45) is 5.92 Å². The van der Waals surface area contributed by atoms with Crippen LogP contribution in [-0.2, 0) is 15.4 Å². The van der Waals surface area contributed by atoms with Gasteiger partial charge in [0.05, 0.1) is 18.8 Å². The monoisotopic (exact) mass is 305 g/mol. The van der Waals surface area contributed by atoms with Crippen LogP contribution in [0.25, 0.3) is 0 Å². The maximum atomic E-state index is 12.9. The molecular formula is C15H19N3O4. The number of nitrogens with one attached hydrogen (secondary N) is 1. The molecule has 1 aromatic rings. The number of ether oxygens (including phenoxy) is 1. The smallest absolute Gasteiger partial charge is 0.271 e. The van der Waals surface area contributed by atoms with E-state index in [-0.39, 0.29) is 30.9 Å². The molecule has 118 valence electrons. The Morgan fingerprint density at radius 2 is 2.18 bits per heavy atom. The summed E-state index contributed by atoms with van der Waals surface area (Å²) in [6, 6.07) is 3.34. The molecule has 0 aromatic carbocycles. The van der Waals surface area contributed by atoms with E-state index in [9.17, 15) is 9.59 Å². The van der Waals surface area contributed by atoms with Gasteiger partial charge in [-0.1, -0.05) is 13.8 Å². The molecule has 7 nitrogen and oxygen atoms in total. The van der Waals surface area contributed by atoms with Crippen LogP contribution in [0.3, 0.4) is 0 Å². The molecule has 0 radical (unpaired) electrons. The maximum absolute atomic E-state index is 12.9. The number of aliphatic hydroxyl groups is 1. The topological polar surface area (TPSA) is 91.8 Å². The molecule has 3 heterocycles. The zero-order chi connectivity index (χ0) is 16.1. The number of carbonyl (C=O) groups is 2. The van der Waals surface area contributed by atoms with Crippen molar-refractivity contribution in [2.45, 2.75) is 32.2 Å². The molecule has 0 spiro atoms. The number of aromatic nitrogens is 1. The molecule has 1 aromatic heterocycles. The van der Waals surface area contributed by atoms with E-state index < -0.39 is 11.4 Å². The number of amides is 2. The molecule has 2 aliphatic heterocycles. The average Bonchev–Trinajstić information content (AvgIpc) is 2.88. The summed E-state index contributed by atoms with van der Waals surface area (Å²) in [5.41, 5.74) is -0.272.